The van der Waals surface area contributed by atoms with Gasteiger partial charge in [0.15, 0.2) is 17.0 Å². The average molecular weight is 571 g/mol. The van der Waals surface area contributed by atoms with E-state index in [-0.39, 0.29) is 12.3 Å². The highest BCUT2D eigenvalue weighted by Gasteiger charge is 2.30. The Morgan fingerprint density at radius 1 is 0.833 bits per heavy atom. The number of rotatable bonds is 9. The van der Waals surface area contributed by atoms with Gasteiger partial charge < -0.3 is 24.9 Å². The Morgan fingerprint density at radius 2 is 1.57 bits per heavy atom. The maximum atomic E-state index is 13.0. The number of aromatic hydroxyl groups is 1. The topological polar surface area (TPSA) is 106 Å². The van der Waals surface area contributed by atoms with Gasteiger partial charge in [-0.1, -0.05) is 24.3 Å². The third-order valence-corrected chi connectivity index (χ3v) is 6.67. The number of phenols is 1. The quantitative estimate of drug-likeness (QED) is 0.191. The van der Waals surface area contributed by atoms with E-state index in [9.17, 15) is 18.3 Å². The number of halogens is 3. The molecule has 3 N–H and O–H groups in total. The molecule has 3 heterocycles. The molecular formula is C30H25F3N8O. The predicted molar refractivity (Wildman–Crippen MR) is 153 cm³/mol. The maximum absolute atomic E-state index is 13.0. The summed E-state index contributed by atoms with van der Waals surface area (Å²) in [6.07, 6.45) is 3.16. The van der Waals surface area contributed by atoms with E-state index in [1.807, 2.05) is 47.2 Å². The van der Waals surface area contributed by atoms with E-state index < -0.39 is 11.7 Å². The second kappa shape index (κ2) is 11.2. The summed E-state index contributed by atoms with van der Waals surface area (Å²) in [6.45, 7) is 0.819. The van der Waals surface area contributed by atoms with Gasteiger partial charge in [-0.05, 0) is 66.1 Å². The minimum absolute atomic E-state index is 0.205. The highest BCUT2D eigenvalue weighted by Crippen LogP contribution is 2.30. The normalized spacial score (nSPS) is 11.6. The summed E-state index contributed by atoms with van der Waals surface area (Å²) < 4.78 is 42.8. The van der Waals surface area contributed by atoms with E-state index in [0.717, 1.165) is 29.1 Å². The van der Waals surface area contributed by atoms with Gasteiger partial charge >= 0.3 is 6.18 Å². The zero-order valence-corrected chi connectivity index (χ0v) is 22.1. The van der Waals surface area contributed by atoms with Crippen LogP contribution in [0.25, 0.3) is 16.9 Å². The van der Waals surface area contributed by atoms with Crippen molar-refractivity contribution in [3.05, 3.63) is 115 Å². The molecule has 0 amide bonds. The number of imidazole rings is 2. The summed E-state index contributed by atoms with van der Waals surface area (Å²) in [7, 11) is 0. The van der Waals surface area contributed by atoms with Gasteiger partial charge in [-0.3, -0.25) is 0 Å². The molecule has 0 bridgehead atoms. The summed E-state index contributed by atoms with van der Waals surface area (Å²) in [5.41, 5.74) is 3.78. The number of benzene rings is 3. The Hall–Kier alpha value is -5.39. The van der Waals surface area contributed by atoms with Crippen molar-refractivity contribution in [1.29, 1.82) is 0 Å². The Balaban J connectivity index is 1.28. The number of hydrogen-bond acceptors (Lipinski definition) is 7. The highest BCUT2D eigenvalue weighted by molar-refractivity contribution is 5.84. The number of phenolic OH excluding ortho intramolecular Hbond substituents is 1. The van der Waals surface area contributed by atoms with Crippen LogP contribution in [0.15, 0.2) is 97.8 Å². The molecule has 0 fully saturated rings. The van der Waals surface area contributed by atoms with Gasteiger partial charge in [-0.25, -0.2) is 9.97 Å². The molecule has 6 rings (SSSR count). The van der Waals surface area contributed by atoms with Gasteiger partial charge in [0.25, 0.3) is 0 Å². The molecule has 3 aromatic carbocycles. The van der Waals surface area contributed by atoms with Crippen molar-refractivity contribution in [2.45, 2.75) is 19.1 Å². The number of nitrogens with one attached hydrogen (secondary N) is 2. The first-order chi connectivity index (χ1) is 20.3. The van der Waals surface area contributed by atoms with Crippen LogP contribution < -0.4 is 10.6 Å². The standard InChI is InChI=1S/C30H25F3N8O/c31-30(32,33)22-5-1-21(2-6-22)17-41-19-36-26-27(35-14-13-20-3-11-25(42)12-4-20)38-29(39-28(26)41)37-23-7-9-24(10-8-23)40-16-15-34-18-40/h1-12,15-16,18-19,42H,13-14,17H2,(H2,35,37,38,39). The molecule has 0 unspecified atom stereocenters. The van der Waals surface area contributed by atoms with Gasteiger partial charge in [0.05, 0.1) is 24.8 Å². The van der Waals surface area contributed by atoms with Gasteiger partial charge in [0.2, 0.25) is 5.95 Å². The van der Waals surface area contributed by atoms with E-state index in [1.54, 1.807) is 35.6 Å². The fraction of sp³-hybridized carbons (Fsp3) is 0.133. The molecule has 0 saturated carbocycles. The number of anilines is 3. The zero-order chi connectivity index (χ0) is 29.1. The van der Waals surface area contributed by atoms with Crippen LogP contribution in [0, 0.1) is 0 Å². The molecule has 6 aromatic rings. The van der Waals surface area contributed by atoms with Crippen molar-refractivity contribution in [2.75, 3.05) is 17.2 Å². The van der Waals surface area contributed by atoms with Crippen LogP contribution in [-0.2, 0) is 19.1 Å². The van der Waals surface area contributed by atoms with Crippen LogP contribution >= 0.6 is 0 Å². The summed E-state index contributed by atoms with van der Waals surface area (Å²) in [5.74, 6) is 1.05. The predicted octanol–water partition coefficient (Wildman–Crippen LogP) is 6.18. The third-order valence-electron chi connectivity index (χ3n) is 6.67. The SMILES string of the molecule is Oc1ccc(CCNc2nc(Nc3ccc(-n4ccnc4)cc3)nc3c2ncn3Cc2ccc(C(F)(F)F)cc2)cc1. The lowest BCUT2D eigenvalue weighted by Crippen LogP contribution is -2.10. The van der Waals surface area contributed by atoms with Crippen LogP contribution in [0.1, 0.15) is 16.7 Å². The fourth-order valence-corrected chi connectivity index (χ4v) is 4.48. The molecule has 12 heteroatoms. The summed E-state index contributed by atoms with van der Waals surface area (Å²) in [4.78, 5) is 18.0. The highest BCUT2D eigenvalue weighted by atomic mass is 19.4. The number of fused-ring (bicyclic) bond motifs is 1. The van der Waals surface area contributed by atoms with Gasteiger partial charge in [-0.2, -0.15) is 23.1 Å². The Kier molecular flexibility index (Phi) is 7.17. The third kappa shape index (κ3) is 6.02. The maximum Gasteiger partial charge on any atom is 0.416 e. The van der Waals surface area contributed by atoms with Crippen LogP contribution in [0.5, 0.6) is 5.75 Å². The first-order valence-corrected chi connectivity index (χ1v) is 13.1. The number of nitrogens with zero attached hydrogens (tertiary/aromatic N) is 6. The second-order valence-corrected chi connectivity index (χ2v) is 9.62. The molecule has 0 aliphatic carbocycles. The molecule has 0 radical (unpaired) electrons. The lowest BCUT2D eigenvalue weighted by atomic mass is 10.1. The number of hydrogen-bond donors (Lipinski definition) is 3. The zero-order valence-electron chi connectivity index (χ0n) is 22.1. The van der Waals surface area contributed by atoms with E-state index in [2.05, 4.69) is 25.6 Å². The molecule has 3 aromatic heterocycles. The van der Waals surface area contributed by atoms with Crippen molar-refractivity contribution in [3.63, 3.8) is 0 Å². The van der Waals surface area contributed by atoms with E-state index >= 15 is 0 Å². The van der Waals surface area contributed by atoms with Crippen LogP contribution in [0.3, 0.4) is 0 Å². The number of alkyl halides is 3. The Labute approximate surface area is 238 Å². The van der Waals surface area contributed by atoms with E-state index in [4.69, 9.17) is 4.98 Å². The molecule has 9 nitrogen and oxygen atoms in total. The second-order valence-electron chi connectivity index (χ2n) is 9.62. The van der Waals surface area contributed by atoms with Crippen molar-refractivity contribution < 1.29 is 18.3 Å². The minimum atomic E-state index is -4.40. The fourth-order valence-electron chi connectivity index (χ4n) is 4.48. The van der Waals surface area contributed by atoms with Crippen LogP contribution in [-0.4, -0.2) is 40.7 Å². The Bertz CT molecular complexity index is 1780. The van der Waals surface area contributed by atoms with Crippen LogP contribution in [0.4, 0.5) is 30.6 Å². The molecule has 0 aliphatic rings. The van der Waals surface area contributed by atoms with Crippen molar-refractivity contribution >= 4 is 28.6 Å². The molecule has 212 valence electrons. The molecular weight excluding hydrogens is 545 g/mol. The Morgan fingerprint density at radius 3 is 2.26 bits per heavy atom. The van der Waals surface area contributed by atoms with Crippen molar-refractivity contribution in [1.82, 2.24) is 29.1 Å². The van der Waals surface area contributed by atoms with Crippen LogP contribution in [0.2, 0.25) is 0 Å². The summed E-state index contributed by atoms with van der Waals surface area (Å²) in [6, 6.07) is 19.7. The molecule has 0 aliphatic heterocycles. The monoisotopic (exact) mass is 570 g/mol. The molecule has 0 atom stereocenters. The molecule has 0 saturated heterocycles. The first-order valence-electron chi connectivity index (χ1n) is 13.1. The molecule has 0 spiro atoms. The van der Waals surface area contributed by atoms with E-state index in [1.165, 1.54) is 12.1 Å². The lowest BCUT2D eigenvalue weighted by molar-refractivity contribution is -0.137. The smallest absolute Gasteiger partial charge is 0.416 e. The lowest BCUT2D eigenvalue weighted by Gasteiger charge is -2.12. The van der Waals surface area contributed by atoms with Gasteiger partial charge in [-0.15, -0.1) is 0 Å². The molecule has 42 heavy (non-hydrogen) atoms. The summed E-state index contributed by atoms with van der Waals surface area (Å²) >= 11 is 0. The van der Waals surface area contributed by atoms with Crippen molar-refractivity contribution in [2.24, 2.45) is 0 Å². The van der Waals surface area contributed by atoms with Gasteiger partial charge in [0, 0.05) is 30.3 Å². The summed E-state index contributed by atoms with van der Waals surface area (Å²) in [5, 5.41) is 16.1. The minimum Gasteiger partial charge on any atom is -0.508 e. The largest absolute Gasteiger partial charge is 0.508 e. The first kappa shape index (κ1) is 26.8. The van der Waals surface area contributed by atoms with Gasteiger partial charge in [0.1, 0.15) is 5.75 Å². The van der Waals surface area contributed by atoms with Crippen molar-refractivity contribution in [3.8, 4) is 11.4 Å². The van der Waals surface area contributed by atoms with E-state index in [0.29, 0.717) is 41.5 Å². The average Bonchev–Trinajstić information content (AvgIpc) is 3.66. The number of aromatic nitrogens is 6.